The monoisotopic (exact) mass is 467 g/mol. The number of hydrogen-bond donors (Lipinski definition) is 2. The average Bonchev–Trinajstić information content (AvgIpc) is 3.50. The van der Waals surface area contributed by atoms with Gasteiger partial charge in [0.1, 0.15) is 5.75 Å². The lowest BCUT2D eigenvalue weighted by molar-refractivity contribution is 0.352. The Kier molecular flexibility index (Phi) is 7.60. The maximum atomic E-state index is 5.88. The summed E-state index contributed by atoms with van der Waals surface area (Å²) in [7, 11) is 5.02. The van der Waals surface area contributed by atoms with E-state index >= 15 is 0 Å². The van der Waals surface area contributed by atoms with Gasteiger partial charge in [-0.15, -0.1) is 0 Å². The molecule has 0 radical (unpaired) electrons. The lowest BCUT2D eigenvalue weighted by Gasteiger charge is -2.28. The van der Waals surface area contributed by atoms with E-state index in [1.54, 1.807) is 21.3 Å². The van der Waals surface area contributed by atoms with Crippen molar-refractivity contribution < 1.29 is 14.2 Å². The molecule has 0 unspecified atom stereocenters. The SMILES string of the molecule is COc1ccc2[nH]cc(CCN(Cc3ccc(OC)c(OC)c3)C(=S)NC3CCCC3)c2c1. The smallest absolute Gasteiger partial charge is 0.169 e. The molecule has 1 aromatic heterocycles. The molecule has 0 bridgehead atoms. The zero-order valence-corrected chi connectivity index (χ0v) is 20.5. The van der Waals surface area contributed by atoms with Crippen molar-refractivity contribution in [3.05, 3.63) is 53.7 Å². The maximum absolute atomic E-state index is 5.88. The van der Waals surface area contributed by atoms with Gasteiger partial charge in [-0.1, -0.05) is 18.9 Å². The number of nitrogens with zero attached hydrogens (tertiary/aromatic N) is 1. The lowest BCUT2D eigenvalue weighted by Crippen LogP contribution is -2.44. The molecule has 0 saturated heterocycles. The van der Waals surface area contributed by atoms with E-state index in [1.165, 1.54) is 36.6 Å². The number of ether oxygens (including phenoxy) is 3. The predicted molar refractivity (Wildman–Crippen MR) is 137 cm³/mol. The Morgan fingerprint density at radius 1 is 1.03 bits per heavy atom. The highest BCUT2D eigenvalue weighted by Gasteiger charge is 2.20. The van der Waals surface area contributed by atoms with Crippen molar-refractivity contribution in [2.45, 2.75) is 44.7 Å². The highest BCUT2D eigenvalue weighted by molar-refractivity contribution is 7.80. The standard InChI is InChI=1S/C26H33N3O3S/c1-30-21-9-10-23-22(15-21)19(16-27-23)12-13-29(26(33)28-20-6-4-5-7-20)17-18-8-11-24(31-2)25(14-18)32-3/h8-11,14-16,20,27H,4-7,12-13,17H2,1-3H3,(H,28,33). The van der Waals surface area contributed by atoms with Gasteiger partial charge in [-0.3, -0.25) is 0 Å². The molecular weight excluding hydrogens is 434 g/mol. The van der Waals surface area contributed by atoms with Crippen LogP contribution in [0.15, 0.2) is 42.6 Å². The van der Waals surface area contributed by atoms with Gasteiger partial charge < -0.3 is 29.4 Å². The second kappa shape index (κ2) is 10.8. The zero-order valence-electron chi connectivity index (χ0n) is 19.6. The van der Waals surface area contributed by atoms with Crippen LogP contribution < -0.4 is 19.5 Å². The molecule has 33 heavy (non-hydrogen) atoms. The molecule has 7 heteroatoms. The summed E-state index contributed by atoms with van der Waals surface area (Å²) < 4.78 is 16.3. The minimum absolute atomic E-state index is 0.475. The Morgan fingerprint density at radius 2 is 1.82 bits per heavy atom. The first-order chi connectivity index (χ1) is 16.1. The van der Waals surface area contributed by atoms with E-state index in [-0.39, 0.29) is 0 Å². The van der Waals surface area contributed by atoms with Crippen molar-refractivity contribution in [2.24, 2.45) is 0 Å². The molecule has 0 amide bonds. The number of thiocarbonyl (C=S) groups is 1. The first-order valence-corrected chi connectivity index (χ1v) is 11.9. The van der Waals surface area contributed by atoms with Crippen molar-refractivity contribution in [1.29, 1.82) is 0 Å². The number of nitrogens with one attached hydrogen (secondary N) is 2. The molecular formula is C26H33N3O3S. The molecule has 1 saturated carbocycles. The second-order valence-corrected chi connectivity index (χ2v) is 8.90. The van der Waals surface area contributed by atoms with Crippen LogP contribution in [0.1, 0.15) is 36.8 Å². The van der Waals surface area contributed by atoms with Crippen molar-refractivity contribution in [3.63, 3.8) is 0 Å². The van der Waals surface area contributed by atoms with Crippen LogP contribution in [0.3, 0.4) is 0 Å². The summed E-state index contributed by atoms with van der Waals surface area (Å²) in [6, 6.07) is 12.7. The Morgan fingerprint density at radius 3 is 2.55 bits per heavy atom. The van der Waals surface area contributed by atoms with Crippen LogP contribution in [0.4, 0.5) is 0 Å². The minimum Gasteiger partial charge on any atom is -0.497 e. The van der Waals surface area contributed by atoms with Gasteiger partial charge in [-0.05, 0) is 72.9 Å². The summed E-state index contributed by atoms with van der Waals surface area (Å²) in [6.45, 7) is 1.50. The minimum atomic E-state index is 0.475. The summed E-state index contributed by atoms with van der Waals surface area (Å²) in [5, 5.41) is 5.61. The molecule has 1 aliphatic carbocycles. The van der Waals surface area contributed by atoms with Crippen LogP contribution in [0.5, 0.6) is 17.2 Å². The number of methoxy groups -OCH3 is 3. The molecule has 1 heterocycles. The van der Waals surface area contributed by atoms with Crippen molar-refractivity contribution in [1.82, 2.24) is 15.2 Å². The molecule has 0 aliphatic heterocycles. The average molecular weight is 468 g/mol. The lowest BCUT2D eigenvalue weighted by atomic mass is 10.1. The van der Waals surface area contributed by atoms with Crippen LogP contribution in [0, 0.1) is 0 Å². The van der Waals surface area contributed by atoms with Gasteiger partial charge in [0.05, 0.1) is 21.3 Å². The Hall–Kier alpha value is -2.93. The molecule has 1 aliphatic rings. The number of hydrogen-bond acceptors (Lipinski definition) is 4. The van der Waals surface area contributed by atoms with Gasteiger partial charge in [0.25, 0.3) is 0 Å². The number of aromatic nitrogens is 1. The molecule has 2 N–H and O–H groups in total. The molecule has 6 nitrogen and oxygen atoms in total. The maximum Gasteiger partial charge on any atom is 0.169 e. The largest absolute Gasteiger partial charge is 0.497 e. The van der Waals surface area contributed by atoms with Gasteiger partial charge >= 0.3 is 0 Å². The normalized spacial score (nSPS) is 13.8. The van der Waals surface area contributed by atoms with E-state index in [1.807, 2.05) is 18.2 Å². The highest BCUT2D eigenvalue weighted by atomic mass is 32.1. The fraction of sp³-hybridized carbons (Fsp3) is 0.423. The summed E-state index contributed by atoms with van der Waals surface area (Å²) in [4.78, 5) is 5.63. The fourth-order valence-electron chi connectivity index (χ4n) is 4.53. The van der Waals surface area contributed by atoms with Gasteiger partial charge in [0, 0.05) is 36.2 Å². The number of benzene rings is 2. The third-order valence-electron chi connectivity index (χ3n) is 6.42. The van der Waals surface area contributed by atoms with Crippen molar-refractivity contribution in [2.75, 3.05) is 27.9 Å². The van der Waals surface area contributed by atoms with Crippen LogP contribution in [-0.4, -0.2) is 48.9 Å². The van der Waals surface area contributed by atoms with Crippen molar-refractivity contribution >= 4 is 28.2 Å². The van der Waals surface area contributed by atoms with E-state index in [9.17, 15) is 0 Å². The van der Waals surface area contributed by atoms with E-state index in [2.05, 4.69) is 39.6 Å². The second-order valence-electron chi connectivity index (χ2n) is 8.52. The van der Waals surface area contributed by atoms with Crippen LogP contribution in [-0.2, 0) is 13.0 Å². The highest BCUT2D eigenvalue weighted by Crippen LogP contribution is 2.29. The number of fused-ring (bicyclic) bond motifs is 1. The predicted octanol–water partition coefficient (Wildman–Crippen LogP) is 5.06. The Balaban J connectivity index is 1.53. The number of H-pyrrole nitrogens is 1. The van der Waals surface area contributed by atoms with E-state index in [4.69, 9.17) is 26.4 Å². The molecule has 0 atom stereocenters. The van der Waals surface area contributed by atoms with E-state index in [0.29, 0.717) is 12.6 Å². The van der Waals surface area contributed by atoms with Crippen LogP contribution in [0.25, 0.3) is 10.9 Å². The summed E-state index contributed by atoms with van der Waals surface area (Å²) in [5.74, 6) is 2.32. The topological polar surface area (TPSA) is 58.8 Å². The van der Waals surface area contributed by atoms with Gasteiger partial charge in [0.2, 0.25) is 0 Å². The van der Waals surface area contributed by atoms with E-state index < -0.39 is 0 Å². The van der Waals surface area contributed by atoms with Crippen LogP contribution >= 0.6 is 12.2 Å². The third kappa shape index (κ3) is 5.53. The molecule has 4 rings (SSSR count). The Labute approximate surface area is 201 Å². The summed E-state index contributed by atoms with van der Waals surface area (Å²) in [5.41, 5.74) is 3.50. The number of rotatable bonds is 9. The molecule has 176 valence electrons. The molecule has 3 aromatic rings. The Bertz CT molecular complexity index is 1090. The van der Waals surface area contributed by atoms with Crippen molar-refractivity contribution in [3.8, 4) is 17.2 Å². The molecule has 0 spiro atoms. The number of aromatic amines is 1. The summed E-state index contributed by atoms with van der Waals surface area (Å²) >= 11 is 5.88. The van der Waals surface area contributed by atoms with E-state index in [0.717, 1.165) is 46.4 Å². The summed E-state index contributed by atoms with van der Waals surface area (Å²) in [6.07, 6.45) is 7.87. The molecule has 1 fully saturated rings. The quantitative estimate of drug-likeness (QED) is 0.429. The first-order valence-electron chi connectivity index (χ1n) is 11.5. The zero-order chi connectivity index (χ0) is 23.2. The van der Waals surface area contributed by atoms with Crippen LogP contribution in [0.2, 0.25) is 0 Å². The van der Waals surface area contributed by atoms with Gasteiger partial charge in [0.15, 0.2) is 16.6 Å². The first kappa shape index (κ1) is 23.2. The van der Waals surface area contributed by atoms with Gasteiger partial charge in [-0.25, -0.2) is 0 Å². The van der Waals surface area contributed by atoms with Gasteiger partial charge in [-0.2, -0.15) is 0 Å². The third-order valence-corrected chi connectivity index (χ3v) is 6.79. The fourth-order valence-corrected chi connectivity index (χ4v) is 4.86. The molecule has 2 aromatic carbocycles.